The van der Waals surface area contributed by atoms with Gasteiger partial charge in [0.05, 0.1) is 15.7 Å². The number of aryl methyl sites for hydroxylation is 1. The summed E-state index contributed by atoms with van der Waals surface area (Å²) in [5, 5.41) is 4.01. The zero-order valence-corrected chi connectivity index (χ0v) is 13.8. The zero-order valence-electron chi connectivity index (χ0n) is 9.14. The second-order valence-corrected chi connectivity index (χ2v) is 5.89. The average molecular weight is 412 g/mol. The Hall–Kier alpha value is -0.360. The summed E-state index contributed by atoms with van der Waals surface area (Å²) >= 11 is 18.8. The predicted octanol–water partition coefficient (Wildman–Crippen LogP) is 5.36. The van der Waals surface area contributed by atoms with Gasteiger partial charge in [0.25, 0.3) is 0 Å². The lowest BCUT2D eigenvalue weighted by Crippen LogP contribution is -1.98. The maximum atomic E-state index is 6.15. The van der Waals surface area contributed by atoms with Crippen molar-refractivity contribution in [2.24, 2.45) is 0 Å². The van der Waals surface area contributed by atoms with Crippen LogP contribution in [0, 0.1) is 6.92 Å². The minimum Gasteiger partial charge on any atom is -0.339 e. The van der Waals surface area contributed by atoms with E-state index in [0.29, 0.717) is 32.0 Å². The van der Waals surface area contributed by atoms with Crippen LogP contribution in [0.3, 0.4) is 0 Å². The monoisotopic (exact) mass is 409 g/mol. The molecule has 2 rings (SSSR count). The minimum absolute atomic E-state index is 0.443. The molecule has 0 aliphatic rings. The standard InChI is InChI=1S/C11H7Br2Cl2N3/c1-5-16-8(13)4-9(17-5)18-7-3-2-6(12)10(14)11(7)15/h2-4H,1H3,(H,16,17,18). The molecule has 0 aliphatic heterocycles. The van der Waals surface area contributed by atoms with E-state index < -0.39 is 0 Å². The molecule has 7 heteroatoms. The Labute approximate surface area is 131 Å². The van der Waals surface area contributed by atoms with Gasteiger partial charge in [-0.05, 0) is 50.9 Å². The lowest BCUT2D eigenvalue weighted by molar-refractivity contribution is 1.04. The van der Waals surface area contributed by atoms with E-state index in [9.17, 15) is 0 Å². The number of hydrogen-bond acceptors (Lipinski definition) is 3. The van der Waals surface area contributed by atoms with Crippen LogP contribution in [-0.2, 0) is 0 Å². The lowest BCUT2D eigenvalue weighted by Gasteiger charge is -2.10. The molecule has 94 valence electrons. The van der Waals surface area contributed by atoms with Crippen molar-refractivity contribution < 1.29 is 0 Å². The predicted molar refractivity (Wildman–Crippen MR) is 81.9 cm³/mol. The molecular weight excluding hydrogens is 405 g/mol. The number of nitrogens with zero attached hydrogens (tertiary/aromatic N) is 2. The topological polar surface area (TPSA) is 37.8 Å². The highest BCUT2D eigenvalue weighted by molar-refractivity contribution is 9.10. The van der Waals surface area contributed by atoms with E-state index >= 15 is 0 Å². The highest BCUT2D eigenvalue weighted by Gasteiger charge is 2.09. The first-order chi connectivity index (χ1) is 8.47. The lowest BCUT2D eigenvalue weighted by atomic mass is 10.3. The number of hydrogen-bond donors (Lipinski definition) is 1. The average Bonchev–Trinajstić information content (AvgIpc) is 2.29. The van der Waals surface area contributed by atoms with Crippen molar-refractivity contribution in [3.8, 4) is 0 Å². The maximum absolute atomic E-state index is 6.15. The Bertz CT molecular complexity index is 585. The molecule has 0 unspecified atom stereocenters. The Morgan fingerprint density at radius 3 is 2.50 bits per heavy atom. The molecule has 3 nitrogen and oxygen atoms in total. The van der Waals surface area contributed by atoms with Gasteiger partial charge < -0.3 is 5.32 Å². The van der Waals surface area contributed by atoms with Crippen molar-refractivity contribution in [1.82, 2.24) is 9.97 Å². The van der Waals surface area contributed by atoms with Gasteiger partial charge in [-0.15, -0.1) is 0 Å². The smallest absolute Gasteiger partial charge is 0.135 e. The second kappa shape index (κ2) is 5.74. The quantitative estimate of drug-likeness (QED) is 0.534. The van der Waals surface area contributed by atoms with E-state index in [0.717, 1.165) is 4.47 Å². The van der Waals surface area contributed by atoms with Crippen molar-refractivity contribution in [3.63, 3.8) is 0 Å². The van der Waals surface area contributed by atoms with Crippen molar-refractivity contribution >= 4 is 66.6 Å². The summed E-state index contributed by atoms with van der Waals surface area (Å²) in [4.78, 5) is 8.39. The third-order valence-electron chi connectivity index (χ3n) is 2.10. The molecule has 0 fully saturated rings. The van der Waals surface area contributed by atoms with Gasteiger partial charge in [0, 0.05) is 10.5 Å². The molecule has 0 atom stereocenters. The van der Waals surface area contributed by atoms with Crippen LogP contribution in [0.2, 0.25) is 10.0 Å². The third-order valence-corrected chi connectivity index (χ3v) is 4.28. The van der Waals surface area contributed by atoms with Crippen molar-refractivity contribution in [2.45, 2.75) is 6.92 Å². The number of halogens is 4. The zero-order chi connectivity index (χ0) is 13.3. The molecule has 1 aromatic heterocycles. The van der Waals surface area contributed by atoms with Crippen LogP contribution in [0.4, 0.5) is 11.5 Å². The van der Waals surface area contributed by atoms with E-state index in [2.05, 4.69) is 47.1 Å². The summed E-state index contributed by atoms with van der Waals surface area (Å²) in [5.41, 5.74) is 0.690. The molecule has 1 heterocycles. The van der Waals surface area contributed by atoms with Gasteiger partial charge >= 0.3 is 0 Å². The van der Waals surface area contributed by atoms with E-state index in [-0.39, 0.29) is 0 Å². The molecule has 18 heavy (non-hydrogen) atoms. The third kappa shape index (κ3) is 3.15. The summed E-state index contributed by atoms with van der Waals surface area (Å²) in [7, 11) is 0. The van der Waals surface area contributed by atoms with E-state index in [1.165, 1.54) is 0 Å². The summed E-state index contributed by atoms with van der Waals surface area (Å²) in [6, 6.07) is 5.41. The van der Waals surface area contributed by atoms with Gasteiger partial charge in [0.15, 0.2) is 0 Å². The summed E-state index contributed by atoms with van der Waals surface area (Å²) < 4.78 is 1.46. The van der Waals surface area contributed by atoms with Crippen molar-refractivity contribution in [1.29, 1.82) is 0 Å². The van der Waals surface area contributed by atoms with Gasteiger partial charge in [0.2, 0.25) is 0 Å². The van der Waals surface area contributed by atoms with Crippen LogP contribution < -0.4 is 5.32 Å². The van der Waals surface area contributed by atoms with Crippen molar-refractivity contribution in [2.75, 3.05) is 5.32 Å². The van der Waals surface area contributed by atoms with Gasteiger partial charge in [-0.2, -0.15) is 0 Å². The molecule has 0 radical (unpaired) electrons. The molecule has 1 aromatic carbocycles. The fourth-order valence-corrected chi connectivity index (χ4v) is 2.65. The molecular formula is C11H7Br2Cl2N3. The second-order valence-electron chi connectivity index (χ2n) is 3.47. The van der Waals surface area contributed by atoms with E-state index in [1.807, 2.05) is 19.1 Å². The highest BCUT2D eigenvalue weighted by Crippen LogP contribution is 2.36. The molecule has 0 spiro atoms. The van der Waals surface area contributed by atoms with Crippen LogP contribution in [-0.4, -0.2) is 9.97 Å². The maximum Gasteiger partial charge on any atom is 0.135 e. The number of nitrogens with one attached hydrogen (secondary N) is 1. The van der Waals surface area contributed by atoms with Crippen LogP contribution in [0.25, 0.3) is 0 Å². The van der Waals surface area contributed by atoms with Crippen molar-refractivity contribution in [3.05, 3.63) is 43.1 Å². The number of aromatic nitrogens is 2. The van der Waals surface area contributed by atoms with Gasteiger partial charge in [-0.3, -0.25) is 0 Å². The first-order valence-corrected chi connectivity index (χ1v) is 7.23. The fraction of sp³-hybridized carbons (Fsp3) is 0.0909. The summed E-state index contributed by atoms with van der Waals surface area (Å²) in [6.45, 7) is 1.81. The first-order valence-electron chi connectivity index (χ1n) is 4.89. The fourth-order valence-electron chi connectivity index (χ4n) is 1.36. The highest BCUT2D eigenvalue weighted by atomic mass is 79.9. The van der Waals surface area contributed by atoms with E-state index in [4.69, 9.17) is 23.2 Å². The molecule has 0 saturated heterocycles. The van der Waals surface area contributed by atoms with Crippen LogP contribution in [0.1, 0.15) is 5.82 Å². The SMILES string of the molecule is Cc1nc(Br)cc(Nc2ccc(Br)c(Cl)c2Cl)n1. The molecule has 1 N–H and O–H groups in total. The normalized spacial score (nSPS) is 10.5. The van der Waals surface area contributed by atoms with Gasteiger partial charge in [-0.1, -0.05) is 23.2 Å². The first kappa shape index (κ1) is 14.1. The Morgan fingerprint density at radius 2 is 1.83 bits per heavy atom. The van der Waals surface area contributed by atoms with Crippen LogP contribution in [0.5, 0.6) is 0 Å². The summed E-state index contributed by atoms with van der Waals surface area (Å²) in [5.74, 6) is 1.31. The molecule has 0 amide bonds. The number of anilines is 2. The number of rotatable bonds is 2. The number of benzene rings is 1. The summed E-state index contributed by atoms with van der Waals surface area (Å²) in [6.07, 6.45) is 0. The molecule has 2 aromatic rings. The molecule has 0 bridgehead atoms. The Balaban J connectivity index is 2.37. The van der Waals surface area contributed by atoms with Crippen LogP contribution in [0.15, 0.2) is 27.3 Å². The van der Waals surface area contributed by atoms with Gasteiger partial charge in [0.1, 0.15) is 16.2 Å². The Morgan fingerprint density at radius 1 is 1.11 bits per heavy atom. The van der Waals surface area contributed by atoms with E-state index in [1.54, 1.807) is 6.07 Å². The largest absolute Gasteiger partial charge is 0.339 e. The van der Waals surface area contributed by atoms with Gasteiger partial charge in [-0.25, -0.2) is 9.97 Å². The van der Waals surface area contributed by atoms with Crippen LogP contribution >= 0.6 is 55.1 Å². The Kier molecular flexibility index (Phi) is 4.48. The minimum atomic E-state index is 0.443. The molecule has 0 saturated carbocycles. The molecule has 0 aliphatic carbocycles.